The predicted molar refractivity (Wildman–Crippen MR) is 90.2 cm³/mol. The summed E-state index contributed by atoms with van der Waals surface area (Å²) in [5.74, 6) is -0.756. The number of halogens is 1. The van der Waals surface area contributed by atoms with Crippen molar-refractivity contribution in [3.63, 3.8) is 0 Å². The van der Waals surface area contributed by atoms with Gasteiger partial charge in [0.2, 0.25) is 0 Å². The van der Waals surface area contributed by atoms with E-state index in [1.54, 1.807) is 6.07 Å². The van der Waals surface area contributed by atoms with Gasteiger partial charge in [0.05, 0.1) is 0 Å². The van der Waals surface area contributed by atoms with Crippen LogP contribution in [0.5, 0.6) is 0 Å². The molecule has 0 saturated heterocycles. The van der Waals surface area contributed by atoms with Crippen LogP contribution in [-0.4, -0.2) is 10.9 Å². The third kappa shape index (κ3) is 2.44. The lowest BCUT2D eigenvalue weighted by Crippen LogP contribution is -2.11. The summed E-state index contributed by atoms with van der Waals surface area (Å²) < 4.78 is 13.2. The number of fused-ring (bicyclic) bond motifs is 3. The first-order valence-corrected chi connectivity index (χ1v) is 7.28. The highest BCUT2D eigenvalue weighted by atomic mass is 19.1. The third-order valence-corrected chi connectivity index (χ3v) is 3.85. The fourth-order valence-corrected chi connectivity index (χ4v) is 2.76. The Kier molecular flexibility index (Phi) is 3.08. The molecule has 0 unspecified atom stereocenters. The number of H-pyrrole nitrogens is 1. The molecule has 0 fully saturated rings. The lowest BCUT2D eigenvalue weighted by Gasteiger charge is -2.05. The molecule has 112 valence electrons. The van der Waals surface area contributed by atoms with Gasteiger partial charge in [0.1, 0.15) is 5.82 Å². The van der Waals surface area contributed by atoms with Crippen molar-refractivity contribution in [2.45, 2.75) is 0 Å². The van der Waals surface area contributed by atoms with Crippen LogP contribution >= 0.6 is 0 Å². The average Bonchev–Trinajstić information content (AvgIpc) is 2.93. The van der Waals surface area contributed by atoms with Crippen LogP contribution in [0.1, 0.15) is 10.4 Å². The Labute approximate surface area is 131 Å². The fraction of sp³-hybridized carbons (Fsp3) is 0. The zero-order valence-corrected chi connectivity index (χ0v) is 12.1. The van der Waals surface area contributed by atoms with Crippen molar-refractivity contribution in [1.82, 2.24) is 4.98 Å². The number of para-hydroxylation sites is 1. The largest absolute Gasteiger partial charge is 0.355 e. The van der Waals surface area contributed by atoms with Crippen LogP contribution in [0.2, 0.25) is 0 Å². The molecule has 0 aliphatic rings. The van der Waals surface area contributed by atoms with E-state index in [0.29, 0.717) is 11.3 Å². The average molecular weight is 304 g/mol. The zero-order chi connectivity index (χ0) is 15.8. The summed E-state index contributed by atoms with van der Waals surface area (Å²) in [6.45, 7) is 0. The molecule has 0 aliphatic carbocycles. The van der Waals surface area contributed by atoms with E-state index in [9.17, 15) is 9.18 Å². The van der Waals surface area contributed by atoms with E-state index in [-0.39, 0.29) is 5.91 Å². The fourth-order valence-electron chi connectivity index (χ4n) is 2.76. The number of carbonyl (C=O) groups excluding carboxylic acids is 1. The summed E-state index contributed by atoms with van der Waals surface area (Å²) in [5, 5.41) is 4.95. The van der Waals surface area contributed by atoms with Crippen LogP contribution in [0.15, 0.2) is 66.7 Å². The van der Waals surface area contributed by atoms with Gasteiger partial charge in [-0.2, -0.15) is 0 Å². The minimum Gasteiger partial charge on any atom is -0.355 e. The number of aromatic nitrogens is 1. The number of rotatable bonds is 2. The lowest BCUT2D eigenvalue weighted by molar-refractivity contribution is 0.102. The molecule has 3 aromatic carbocycles. The van der Waals surface area contributed by atoms with Crippen LogP contribution in [-0.2, 0) is 0 Å². The van der Waals surface area contributed by atoms with Crippen molar-refractivity contribution >= 4 is 33.4 Å². The Bertz CT molecular complexity index is 1040. The number of nitrogens with one attached hydrogen (secondary N) is 2. The summed E-state index contributed by atoms with van der Waals surface area (Å²) in [4.78, 5) is 15.6. The Morgan fingerprint density at radius 3 is 2.57 bits per heavy atom. The molecule has 4 rings (SSSR count). The second kappa shape index (κ2) is 5.25. The summed E-state index contributed by atoms with van der Waals surface area (Å²) in [6, 6.07) is 19.3. The van der Waals surface area contributed by atoms with Crippen molar-refractivity contribution in [3.8, 4) is 0 Å². The van der Waals surface area contributed by atoms with Gasteiger partial charge in [-0.15, -0.1) is 0 Å². The van der Waals surface area contributed by atoms with Crippen LogP contribution in [0.25, 0.3) is 21.8 Å². The molecule has 3 nitrogen and oxygen atoms in total. The number of amides is 1. The number of hydrogen-bond donors (Lipinski definition) is 2. The quantitative estimate of drug-likeness (QED) is 0.553. The van der Waals surface area contributed by atoms with Crippen molar-refractivity contribution < 1.29 is 9.18 Å². The minimum atomic E-state index is -0.426. The van der Waals surface area contributed by atoms with Gasteiger partial charge in [0.15, 0.2) is 0 Å². The maximum atomic E-state index is 13.2. The molecule has 0 aliphatic heterocycles. The SMILES string of the molecule is O=C(Nc1ccc2[nH]c3ccccc3c2c1)c1cccc(F)c1. The topological polar surface area (TPSA) is 44.9 Å². The Balaban J connectivity index is 1.71. The van der Waals surface area contributed by atoms with Gasteiger partial charge in [0, 0.05) is 33.1 Å². The molecular formula is C19H13FN2O. The van der Waals surface area contributed by atoms with Gasteiger partial charge in [0.25, 0.3) is 5.91 Å². The van der Waals surface area contributed by atoms with E-state index in [4.69, 9.17) is 0 Å². The second-order valence-electron chi connectivity index (χ2n) is 5.40. The normalized spacial score (nSPS) is 11.0. The molecule has 0 saturated carbocycles. The monoisotopic (exact) mass is 304 g/mol. The lowest BCUT2D eigenvalue weighted by atomic mass is 10.1. The highest BCUT2D eigenvalue weighted by molar-refractivity contribution is 6.10. The van der Waals surface area contributed by atoms with Gasteiger partial charge < -0.3 is 10.3 Å². The van der Waals surface area contributed by atoms with Gasteiger partial charge in [-0.25, -0.2) is 4.39 Å². The molecule has 2 N–H and O–H groups in total. The predicted octanol–water partition coefficient (Wildman–Crippen LogP) is 4.71. The van der Waals surface area contributed by atoms with E-state index >= 15 is 0 Å². The smallest absolute Gasteiger partial charge is 0.255 e. The molecule has 4 aromatic rings. The zero-order valence-electron chi connectivity index (χ0n) is 12.1. The summed E-state index contributed by atoms with van der Waals surface area (Å²) in [7, 11) is 0. The molecule has 1 aromatic heterocycles. The molecule has 23 heavy (non-hydrogen) atoms. The van der Waals surface area contributed by atoms with E-state index in [1.165, 1.54) is 18.2 Å². The van der Waals surface area contributed by atoms with E-state index in [1.807, 2.05) is 42.5 Å². The second-order valence-corrected chi connectivity index (χ2v) is 5.40. The molecule has 1 amide bonds. The van der Waals surface area contributed by atoms with Crippen LogP contribution in [0, 0.1) is 5.82 Å². The first-order chi connectivity index (χ1) is 11.2. The number of hydrogen-bond acceptors (Lipinski definition) is 1. The summed E-state index contributed by atoms with van der Waals surface area (Å²) in [6.07, 6.45) is 0. The Morgan fingerprint density at radius 2 is 1.70 bits per heavy atom. The van der Waals surface area contributed by atoms with Gasteiger partial charge in [-0.05, 0) is 42.5 Å². The molecule has 1 heterocycles. The van der Waals surface area contributed by atoms with Crippen LogP contribution in [0.3, 0.4) is 0 Å². The molecule has 0 spiro atoms. The molecule has 0 radical (unpaired) electrons. The Hall–Kier alpha value is -3.14. The minimum absolute atomic E-state index is 0.295. The molecule has 4 heteroatoms. The standard InChI is InChI=1S/C19H13FN2O/c20-13-5-3-4-12(10-13)19(23)21-14-8-9-18-16(11-14)15-6-1-2-7-17(15)22-18/h1-11,22H,(H,21,23). The highest BCUT2D eigenvalue weighted by Gasteiger charge is 2.09. The molecule has 0 bridgehead atoms. The van der Waals surface area contributed by atoms with E-state index in [0.717, 1.165) is 21.8 Å². The van der Waals surface area contributed by atoms with Crippen molar-refractivity contribution in [3.05, 3.63) is 78.1 Å². The first-order valence-electron chi connectivity index (χ1n) is 7.28. The summed E-state index contributed by atoms with van der Waals surface area (Å²) in [5.41, 5.74) is 3.03. The molecule has 0 atom stereocenters. The first kappa shape index (κ1) is 13.5. The summed E-state index contributed by atoms with van der Waals surface area (Å²) >= 11 is 0. The van der Waals surface area contributed by atoms with Gasteiger partial charge in [-0.1, -0.05) is 24.3 Å². The number of benzene rings is 3. The maximum absolute atomic E-state index is 13.2. The maximum Gasteiger partial charge on any atom is 0.255 e. The van der Waals surface area contributed by atoms with Crippen LogP contribution < -0.4 is 5.32 Å². The van der Waals surface area contributed by atoms with E-state index in [2.05, 4.69) is 10.3 Å². The van der Waals surface area contributed by atoms with E-state index < -0.39 is 5.82 Å². The van der Waals surface area contributed by atoms with Gasteiger partial charge in [-0.3, -0.25) is 4.79 Å². The molecular weight excluding hydrogens is 291 g/mol. The van der Waals surface area contributed by atoms with Crippen molar-refractivity contribution in [2.24, 2.45) is 0 Å². The van der Waals surface area contributed by atoms with Gasteiger partial charge >= 0.3 is 0 Å². The number of anilines is 1. The number of carbonyl (C=O) groups is 1. The van der Waals surface area contributed by atoms with Crippen molar-refractivity contribution in [2.75, 3.05) is 5.32 Å². The highest BCUT2D eigenvalue weighted by Crippen LogP contribution is 2.27. The Morgan fingerprint density at radius 1 is 0.870 bits per heavy atom. The van der Waals surface area contributed by atoms with Crippen molar-refractivity contribution in [1.29, 1.82) is 0 Å². The third-order valence-electron chi connectivity index (χ3n) is 3.85. The van der Waals surface area contributed by atoms with Crippen LogP contribution in [0.4, 0.5) is 10.1 Å². The number of aromatic amines is 1.